The predicted octanol–water partition coefficient (Wildman–Crippen LogP) is 1.88. The van der Waals surface area contributed by atoms with Gasteiger partial charge in [-0.2, -0.15) is 0 Å². The Morgan fingerprint density at radius 3 is 2.50 bits per heavy atom. The number of nitrogens with one attached hydrogen (secondary N) is 1. The number of carbonyl (C=O) groups excluding carboxylic acids is 2. The molecule has 0 spiro atoms. The van der Waals surface area contributed by atoms with E-state index in [1.165, 1.54) is 24.0 Å². The predicted molar refractivity (Wildman–Crippen MR) is 89.6 cm³/mol. The summed E-state index contributed by atoms with van der Waals surface area (Å²) in [6.07, 6.45) is 0.188. The summed E-state index contributed by atoms with van der Waals surface area (Å²) in [5.74, 6) is -0.925. The van der Waals surface area contributed by atoms with Gasteiger partial charge in [0, 0.05) is 18.5 Å². The van der Waals surface area contributed by atoms with Gasteiger partial charge in [-0.05, 0) is 42.7 Å². The highest BCUT2D eigenvalue weighted by Gasteiger charge is 2.54. The van der Waals surface area contributed by atoms with Crippen molar-refractivity contribution >= 4 is 17.7 Å². The molecule has 1 saturated heterocycles. The second-order valence-corrected chi connectivity index (χ2v) is 7.45. The number of amides is 2. The van der Waals surface area contributed by atoms with Gasteiger partial charge in [-0.1, -0.05) is 0 Å². The van der Waals surface area contributed by atoms with Gasteiger partial charge >= 0.3 is 6.09 Å². The average Bonchev–Trinajstić information content (AvgIpc) is 2.93. The van der Waals surface area contributed by atoms with Crippen molar-refractivity contribution in [1.82, 2.24) is 5.32 Å². The van der Waals surface area contributed by atoms with E-state index in [1.54, 1.807) is 0 Å². The van der Waals surface area contributed by atoms with Crippen LogP contribution in [0.15, 0.2) is 12.1 Å². The smallest absolute Gasteiger partial charge is 0.414 e. The first-order valence-electron chi connectivity index (χ1n) is 8.82. The Balaban J connectivity index is 1.49. The topological polar surface area (TPSA) is 84.7 Å². The van der Waals surface area contributed by atoms with Crippen LogP contribution in [-0.4, -0.2) is 37.2 Å². The molecule has 0 radical (unpaired) electrons. The molecule has 0 bridgehead atoms. The van der Waals surface area contributed by atoms with Gasteiger partial charge in [0.1, 0.15) is 17.7 Å². The Bertz CT molecular complexity index is 737. The van der Waals surface area contributed by atoms with E-state index in [1.807, 2.05) is 0 Å². The number of anilines is 1. The molecule has 2 amide bonds. The van der Waals surface area contributed by atoms with E-state index in [2.05, 4.69) is 5.32 Å². The Kier molecular flexibility index (Phi) is 4.10. The van der Waals surface area contributed by atoms with Gasteiger partial charge in [-0.15, -0.1) is 0 Å². The first kappa shape index (κ1) is 17.2. The first-order valence-corrected chi connectivity index (χ1v) is 8.82. The molecule has 140 valence electrons. The third-order valence-corrected chi connectivity index (χ3v) is 5.75. The van der Waals surface area contributed by atoms with Crippen LogP contribution in [0.3, 0.4) is 0 Å². The van der Waals surface area contributed by atoms with E-state index >= 15 is 0 Å². The van der Waals surface area contributed by atoms with Gasteiger partial charge in [0.15, 0.2) is 0 Å². The van der Waals surface area contributed by atoms with Crippen LogP contribution in [-0.2, 0) is 9.53 Å². The summed E-state index contributed by atoms with van der Waals surface area (Å²) in [5.41, 5.74) is 6.11. The standard InChI is InChI=1S/C18H21F2N3O3/c1-8(24)22-6-11-7-23(18(25)26-11)10-4-14(19)16(15(20)5-10)9-2-12-13(3-9)17(12)21/h4-5,9,11-13,17H,2-3,6-7,21H2,1H3,(H,22,24)/t9?,11-,12?,13?,17?/m0/s1. The Hall–Kier alpha value is -2.22. The quantitative estimate of drug-likeness (QED) is 0.853. The van der Waals surface area contributed by atoms with E-state index in [0.29, 0.717) is 24.7 Å². The summed E-state index contributed by atoms with van der Waals surface area (Å²) in [7, 11) is 0. The normalized spacial score (nSPS) is 32.4. The molecule has 4 rings (SSSR count). The van der Waals surface area contributed by atoms with Crippen molar-refractivity contribution < 1.29 is 23.1 Å². The molecule has 3 aliphatic rings. The van der Waals surface area contributed by atoms with Crippen LogP contribution >= 0.6 is 0 Å². The fraction of sp³-hybridized carbons (Fsp3) is 0.556. The number of benzene rings is 1. The van der Waals surface area contributed by atoms with E-state index in [0.717, 1.165) is 0 Å². The zero-order chi connectivity index (χ0) is 18.6. The molecule has 2 saturated carbocycles. The second kappa shape index (κ2) is 6.19. The highest BCUT2D eigenvalue weighted by atomic mass is 19.1. The number of fused-ring (bicyclic) bond motifs is 1. The summed E-state index contributed by atoms with van der Waals surface area (Å²) in [6, 6.07) is 2.55. The Labute approximate surface area is 149 Å². The summed E-state index contributed by atoms with van der Waals surface area (Å²) < 4.78 is 34.4. The van der Waals surface area contributed by atoms with Crippen molar-refractivity contribution in [3.05, 3.63) is 29.3 Å². The molecule has 6 nitrogen and oxygen atoms in total. The molecule has 3 atom stereocenters. The molecule has 1 aromatic carbocycles. The van der Waals surface area contributed by atoms with Crippen LogP contribution in [0.25, 0.3) is 0 Å². The minimum Gasteiger partial charge on any atom is -0.442 e. The van der Waals surface area contributed by atoms with Crippen LogP contribution < -0.4 is 16.0 Å². The van der Waals surface area contributed by atoms with E-state index < -0.39 is 23.8 Å². The second-order valence-electron chi connectivity index (χ2n) is 7.45. The van der Waals surface area contributed by atoms with Gasteiger partial charge < -0.3 is 15.8 Å². The molecule has 1 aromatic rings. The number of hydrogen-bond donors (Lipinski definition) is 2. The average molecular weight is 365 g/mol. The zero-order valence-electron chi connectivity index (χ0n) is 14.4. The largest absolute Gasteiger partial charge is 0.442 e. The molecule has 3 fully saturated rings. The van der Waals surface area contributed by atoms with Crippen molar-refractivity contribution in [2.45, 2.75) is 37.8 Å². The lowest BCUT2D eigenvalue weighted by atomic mass is 9.92. The summed E-state index contributed by atoms with van der Waals surface area (Å²) in [6.45, 7) is 1.64. The molecule has 1 aliphatic heterocycles. The number of hydrogen-bond acceptors (Lipinski definition) is 4. The van der Waals surface area contributed by atoms with Crippen molar-refractivity contribution in [2.75, 3.05) is 18.0 Å². The van der Waals surface area contributed by atoms with Gasteiger partial charge in [0.25, 0.3) is 0 Å². The number of ether oxygens (including phenoxy) is 1. The molecule has 2 unspecified atom stereocenters. The molecular weight excluding hydrogens is 344 g/mol. The highest BCUT2D eigenvalue weighted by Crippen LogP contribution is 2.57. The van der Waals surface area contributed by atoms with Crippen LogP contribution in [0.4, 0.5) is 19.3 Å². The van der Waals surface area contributed by atoms with Crippen molar-refractivity contribution in [3.63, 3.8) is 0 Å². The molecule has 3 N–H and O–H groups in total. The monoisotopic (exact) mass is 365 g/mol. The van der Waals surface area contributed by atoms with Crippen LogP contribution in [0, 0.1) is 23.5 Å². The van der Waals surface area contributed by atoms with Crippen molar-refractivity contribution in [2.24, 2.45) is 17.6 Å². The van der Waals surface area contributed by atoms with Gasteiger partial charge in [0.05, 0.1) is 18.8 Å². The summed E-state index contributed by atoms with van der Waals surface area (Å²) >= 11 is 0. The number of carbonyl (C=O) groups is 2. The minimum absolute atomic E-state index is 0.0931. The van der Waals surface area contributed by atoms with Crippen molar-refractivity contribution in [1.29, 1.82) is 0 Å². The van der Waals surface area contributed by atoms with Crippen LogP contribution in [0.5, 0.6) is 0 Å². The fourth-order valence-corrected chi connectivity index (χ4v) is 4.34. The third-order valence-electron chi connectivity index (χ3n) is 5.75. The Morgan fingerprint density at radius 2 is 1.92 bits per heavy atom. The van der Waals surface area contributed by atoms with Gasteiger partial charge in [0.2, 0.25) is 5.91 Å². The van der Waals surface area contributed by atoms with Gasteiger partial charge in [-0.25, -0.2) is 13.6 Å². The fourth-order valence-electron chi connectivity index (χ4n) is 4.34. The van der Waals surface area contributed by atoms with E-state index in [-0.39, 0.29) is 42.2 Å². The van der Waals surface area contributed by atoms with Crippen LogP contribution in [0.1, 0.15) is 31.2 Å². The molecule has 1 heterocycles. The Morgan fingerprint density at radius 1 is 1.31 bits per heavy atom. The lowest BCUT2D eigenvalue weighted by molar-refractivity contribution is -0.119. The number of nitrogens with zero attached hydrogens (tertiary/aromatic N) is 1. The zero-order valence-corrected chi connectivity index (χ0v) is 14.4. The van der Waals surface area contributed by atoms with Crippen molar-refractivity contribution in [3.8, 4) is 0 Å². The maximum absolute atomic E-state index is 14.6. The number of nitrogens with two attached hydrogens (primary N) is 1. The third kappa shape index (κ3) is 2.92. The minimum atomic E-state index is -0.681. The lowest BCUT2D eigenvalue weighted by Gasteiger charge is -2.19. The number of rotatable bonds is 4. The lowest BCUT2D eigenvalue weighted by Crippen LogP contribution is -2.33. The van der Waals surface area contributed by atoms with E-state index in [9.17, 15) is 18.4 Å². The van der Waals surface area contributed by atoms with Crippen LogP contribution in [0.2, 0.25) is 0 Å². The molecular formula is C18H21F2N3O3. The first-order chi connectivity index (χ1) is 12.3. The number of halogens is 2. The maximum atomic E-state index is 14.6. The molecule has 0 aromatic heterocycles. The molecule has 8 heteroatoms. The summed E-state index contributed by atoms with van der Waals surface area (Å²) in [4.78, 5) is 24.2. The summed E-state index contributed by atoms with van der Waals surface area (Å²) in [5, 5.41) is 2.56. The SMILES string of the molecule is CC(=O)NC[C@H]1CN(c2cc(F)c(C3CC4C(N)C4C3)c(F)c2)C(=O)O1. The molecule has 26 heavy (non-hydrogen) atoms. The molecule has 2 aliphatic carbocycles. The van der Waals surface area contributed by atoms with Gasteiger partial charge in [-0.3, -0.25) is 9.69 Å². The van der Waals surface area contributed by atoms with E-state index in [4.69, 9.17) is 10.5 Å². The maximum Gasteiger partial charge on any atom is 0.414 e. The highest BCUT2D eigenvalue weighted by molar-refractivity contribution is 5.89. The number of cyclic esters (lactones) is 1.